The molecular formula is C11H6BrN3O3. The Balaban J connectivity index is 2.26. The van der Waals surface area contributed by atoms with Crippen LogP contribution in [0.25, 0.3) is 22.6 Å². The molecule has 90 valence electrons. The van der Waals surface area contributed by atoms with Crippen molar-refractivity contribution in [1.82, 2.24) is 15.0 Å². The number of hydrogen-bond donors (Lipinski definition) is 2. The number of imidazole rings is 1. The zero-order valence-electron chi connectivity index (χ0n) is 8.85. The summed E-state index contributed by atoms with van der Waals surface area (Å²) in [4.78, 5) is 22.3. The molecule has 0 radical (unpaired) electrons. The molecule has 2 N–H and O–H groups in total. The van der Waals surface area contributed by atoms with Crippen molar-refractivity contribution in [2.75, 3.05) is 0 Å². The Morgan fingerprint density at radius 3 is 2.94 bits per heavy atom. The lowest BCUT2D eigenvalue weighted by Gasteiger charge is -1.93. The average Bonchev–Trinajstić information content (AvgIpc) is 2.92. The van der Waals surface area contributed by atoms with E-state index < -0.39 is 5.97 Å². The molecule has 0 aliphatic heterocycles. The number of carbonyl (C=O) groups is 1. The molecular weight excluding hydrogens is 302 g/mol. The van der Waals surface area contributed by atoms with Crippen molar-refractivity contribution in [1.29, 1.82) is 0 Å². The van der Waals surface area contributed by atoms with Crippen LogP contribution in [0.2, 0.25) is 0 Å². The van der Waals surface area contributed by atoms with Crippen molar-refractivity contribution in [3.05, 3.63) is 34.8 Å². The van der Waals surface area contributed by atoms with Crippen LogP contribution < -0.4 is 0 Å². The summed E-state index contributed by atoms with van der Waals surface area (Å²) >= 11 is 3.24. The molecule has 0 aromatic carbocycles. The van der Waals surface area contributed by atoms with E-state index >= 15 is 0 Å². The molecule has 3 aromatic rings. The lowest BCUT2D eigenvalue weighted by Crippen LogP contribution is -1.97. The van der Waals surface area contributed by atoms with Crippen LogP contribution in [0.4, 0.5) is 0 Å². The van der Waals surface area contributed by atoms with Gasteiger partial charge in [0.15, 0.2) is 10.3 Å². The summed E-state index contributed by atoms with van der Waals surface area (Å²) in [5, 5.41) is 9.07. The fraction of sp³-hybridized carbons (Fsp3) is 0. The third kappa shape index (κ3) is 1.60. The molecule has 0 atom stereocenters. The summed E-state index contributed by atoms with van der Waals surface area (Å²) in [7, 11) is 0. The van der Waals surface area contributed by atoms with Gasteiger partial charge in [-0.2, -0.15) is 0 Å². The highest BCUT2D eigenvalue weighted by atomic mass is 79.9. The third-order valence-corrected chi connectivity index (χ3v) is 3.11. The van der Waals surface area contributed by atoms with Gasteiger partial charge in [0.1, 0.15) is 5.82 Å². The van der Waals surface area contributed by atoms with Gasteiger partial charge in [0.05, 0.1) is 22.9 Å². The summed E-state index contributed by atoms with van der Waals surface area (Å²) < 4.78 is 5.64. The van der Waals surface area contributed by atoms with Crippen LogP contribution >= 0.6 is 15.9 Å². The minimum absolute atomic E-state index is 0.137. The molecule has 0 amide bonds. The normalized spacial score (nSPS) is 10.9. The molecule has 0 unspecified atom stereocenters. The van der Waals surface area contributed by atoms with E-state index in [2.05, 4.69) is 30.9 Å². The van der Waals surface area contributed by atoms with Gasteiger partial charge in [-0.25, -0.2) is 14.8 Å². The first-order valence-electron chi connectivity index (χ1n) is 4.98. The minimum atomic E-state index is -1.02. The maximum Gasteiger partial charge on any atom is 0.338 e. The van der Waals surface area contributed by atoms with E-state index in [0.717, 1.165) is 0 Å². The maximum atomic E-state index is 11.1. The zero-order valence-corrected chi connectivity index (χ0v) is 10.4. The van der Waals surface area contributed by atoms with Crippen LogP contribution in [0.3, 0.4) is 0 Å². The van der Waals surface area contributed by atoms with Crippen LogP contribution in [0.5, 0.6) is 0 Å². The Kier molecular flexibility index (Phi) is 2.41. The van der Waals surface area contributed by atoms with Crippen LogP contribution in [-0.4, -0.2) is 26.0 Å². The second kappa shape index (κ2) is 3.95. The zero-order chi connectivity index (χ0) is 12.7. The average molecular weight is 308 g/mol. The van der Waals surface area contributed by atoms with Crippen LogP contribution in [-0.2, 0) is 0 Å². The Morgan fingerprint density at radius 1 is 1.44 bits per heavy atom. The van der Waals surface area contributed by atoms with Crippen LogP contribution in [0, 0.1) is 0 Å². The molecule has 0 aliphatic rings. The van der Waals surface area contributed by atoms with Crippen LogP contribution in [0.15, 0.2) is 33.7 Å². The lowest BCUT2D eigenvalue weighted by atomic mass is 10.2. The Hall–Kier alpha value is -2.15. The predicted molar refractivity (Wildman–Crippen MR) is 66.2 cm³/mol. The predicted octanol–water partition coefficient (Wildman–Crippen LogP) is 2.68. The molecule has 3 aromatic heterocycles. The number of fused-ring (bicyclic) bond motifs is 1. The number of rotatable bonds is 2. The van der Waals surface area contributed by atoms with Crippen molar-refractivity contribution in [3.8, 4) is 11.4 Å². The molecule has 3 heterocycles. The summed E-state index contributed by atoms with van der Waals surface area (Å²) in [5.41, 5.74) is 1.61. The van der Waals surface area contributed by atoms with Gasteiger partial charge in [-0.1, -0.05) is 0 Å². The molecule has 18 heavy (non-hydrogen) atoms. The number of carboxylic acids is 1. The van der Waals surface area contributed by atoms with Gasteiger partial charge in [-0.05, 0) is 28.1 Å². The fourth-order valence-corrected chi connectivity index (χ4v) is 2.11. The monoisotopic (exact) mass is 307 g/mol. The van der Waals surface area contributed by atoms with E-state index in [4.69, 9.17) is 9.52 Å². The van der Waals surface area contributed by atoms with Gasteiger partial charge in [0, 0.05) is 6.20 Å². The first-order valence-corrected chi connectivity index (χ1v) is 5.77. The van der Waals surface area contributed by atoms with E-state index in [-0.39, 0.29) is 5.56 Å². The number of carboxylic acid groups (broad SMARTS) is 1. The van der Waals surface area contributed by atoms with Gasteiger partial charge in [-0.3, -0.25) is 0 Å². The number of aromatic carboxylic acids is 1. The lowest BCUT2D eigenvalue weighted by molar-refractivity contribution is 0.0699. The van der Waals surface area contributed by atoms with Gasteiger partial charge in [0.2, 0.25) is 0 Å². The number of pyridine rings is 1. The Labute approximate surface area is 109 Å². The molecule has 6 nitrogen and oxygen atoms in total. The molecule has 0 saturated carbocycles. The van der Waals surface area contributed by atoms with Crippen molar-refractivity contribution in [2.24, 2.45) is 0 Å². The highest BCUT2D eigenvalue weighted by Gasteiger charge is 2.16. The first kappa shape index (κ1) is 11.0. The third-order valence-electron chi connectivity index (χ3n) is 2.50. The van der Waals surface area contributed by atoms with Crippen molar-refractivity contribution >= 4 is 33.1 Å². The number of nitrogens with zero attached hydrogens (tertiary/aromatic N) is 2. The van der Waals surface area contributed by atoms with Gasteiger partial charge in [0.25, 0.3) is 0 Å². The topological polar surface area (TPSA) is 92.0 Å². The number of furan rings is 1. The smallest absolute Gasteiger partial charge is 0.338 e. The molecule has 0 bridgehead atoms. The van der Waals surface area contributed by atoms with E-state index in [1.54, 1.807) is 6.07 Å². The second-order valence-electron chi connectivity index (χ2n) is 3.56. The summed E-state index contributed by atoms with van der Waals surface area (Å²) in [6.45, 7) is 0. The number of aromatic amines is 1. The molecule has 7 heteroatoms. The Morgan fingerprint density at radius 2 is 2.28 bits per heavy atom. The maximum absolute atomic E-state index is 11.1. The van der Waals surface area contributed by atoms with Crippen molar-refractivity contribution in [2.45, 2.75) is 0 Å². The highest BCUT2D eigenvalue weighted by molar-refractivity contribution is 9.10. The highest BCUT2D eigenvalue weighted by Crippen LogP contribution is 2.28. The summed E-state index contributed by atoms with van der Waals surface area (Å²) in [5.74, 6) is -0.518. The number of halogens is 1. The number of aromatic nitrogens is 3. The van der Waals surface area contributed by atoms with E-state index in [9.17, 15) is 4.79 Å². The number of nitrogens with one attached hydrogen (secondary N) is 1. The van der Waals surface area contributed by atoms with E-state index in [0.29, 0.717) is 27.2 Å². The quantitative estimate of drug-likeness (QED) is 0.759. The molecule has 0 aliphatic carbocycles. The van der Waals surface area contributed by atoms with Crippen LogP contribution in [0.1, 0.15) is 10.4 Å². The standard InChI is InChI=1S/C11H6BrN3O3/c12-8-6(2-4-18-8)9-14-7-5(11(16)17)1-3-13-10(7)15-9/h1-4H,(H,16,17)(H,13,14,15). The number of H-pyrrole nitrogens is 1. The van der Waals surface area contributed by atoms with Gasteiger partial charge < -0.3 is 14.5 Å². The van der Waals surface area contributed by atoms with E-state index in [1.807, 2.05) is 0 Å². The molecule has 0 spiro atoms. The second-order valence-corrected chi connectivity index (χ2v) is 4.28. The molecule has 0 fully saturated rings. The first-order chi connectivity index (χ1) is 8.66. The molecule has 0 saturated heterocycles. The summed E-state index contributed by atoms with van der Waals surface area (Å²) in [6.07, 6.45) is 2.93. The summed E-state index contributed by atoms with van der Waals surface area (Å²) in [6, 6.07) is 3.15. The van der Waals surface area contributed by atoms with E-state index in [1.165, 1.54) is 18.5 Å². The molecule has 3 rings (SSSR count). The Bertz CT molecular complexity index is 747. The SMILES string of the molecule is O=C(O)c1ccnc2nc(-c3ccoc3Br)[nH]c12. The van der Waals surface area contributed by atoms with Gasteiger partial charge >= 0.3 is 5.97 Å². The van der Waals surface area contributed by atoms with Crippen molar-refractivity contribution in [3.63, 3.8) is 0 Å². The van der Waals surface area contributed by atoms with Crippen molar-refractivity contribution < 1.29 is 14.3 Å². The number of hydrogen-bond acceptors (Lipinski definition) is 4. The largest absolute Gasteiger partial charge is 0.478 e. The van der Waals surface area contributed by atoms with Gasteiger partial charge in [-0.15, -0.1) is 0 Å². The fourth-order valence-electron chi connectivity index (χ4n) is 1.68. The minimum Gasteiger partial charge on any atom is -0.478 e.